The fourth-order valence-corrected chi connectivity index (χ4v) is 4.39. The highest BCUT2D eigenvalue weighted by molar-refractivity contribution is 5.94. The van der Waals surface area contributed by atoms with Crippen LogP contribution in [0.3, 0.4) is 0 Å². The van der Waals surface area contributed by atoms with Crippen LogP contribution in [0, 0.1) is 6.92 Å². The Balaban J connectivity index is 1.29. The van der Waals surface area contributed by atoms with E-state index < -0.39 is 24.0 Å². The highest BCUT2D eigenvalue weighted by Gasteiger charge is 2.43. The van der Waals surface area contributed by atoms with Crippen molar-refractivity contribution in [1.82, 2.24) is 29.4 Å². The second-order valence-corrected chi connectivity index (χ2v) is 8.78. The number of alkyl halides is 4. The standard InChI is InChI=1S/C23H23F4N7O/c1-14-28-7-9-33(14)22-30-10-15(11-31-22)21(35)34(17-3-4-17)19-6-8-32(13-18(19)24)20-5-2-16(12-29-20)23(25,26)27/h2,5,7,9-12,17-19H,3-4,6,8,13H2,1H3/t18-,19+/m1/s1. The lowest BCUT2D eigenvalue weighted by Crippen LogP contribution is -2.55. The number of halogens is 4. The van der Waals surface area contributed by atoms with Crippen molar-refractivity contribution in [3.63, 3.8) is 0 Å². The minimum Gasteiger partial charge on any atom is -0.354 e. The van der Waals surface area contributed by atoms with Crippen molar-refractivity contribution in [2.24, 2.45) is 0 Å². The summed E-state index contributed by atoms with van der Waals surface area (Å²) in [6.07, 6.45) is 3.04. The van der Waals surface area contributed by atoms with Gasteiger partial charge in [0.2, 0.25) is 5.95 Å². The van der Waals surface area contributed by atoms with Gasteiger partial charge in [-0.1, -0.05) is 0 Å². The van der Waals surface area contributed by atoms with Gasteiger partial charge in [0.15, 0.2) is 0 Å². The van der Waals surface area contributed by atoms with E-state index in [9.17, 15) is 18.0 Å². The zero-order chi connectivity index (χ0) is 24.7. The number of nitrogens with zero attached hydrogens (tertiary/aromatic N) is 7. The monoisotopic (exact) mass is 489 g/mol. The van der Waals surface area contributed by atoms with Gasteiger partial charge in [-0.25, -0.2) is 24.3 Å². The van der Waals surface area contributed by atoms with Gasteiger partial charge >= 0.3 is 6.18 Å². The molecule has 4 heterocycles. The number of pyridine rings is 1. The van der Waals surface area contributed by atoms with Gasteiger partial charge in [-0.15, -0.1) is 0 Å². The first-order valence-corrected chi connectivity index (χ1v) is 11.3. The van der Waals surface area contributed by atoms with Crippen LogP contribution in [-0.2, 0) is 6.18 Å². The minimum atomic E-state index is -4.48. The lowest BCUT2D eigenvalue weighted by Gasteiger charge is -2.41. The van der Waals surface area contributed by atoms with Gasteiger partial charge in [0.05, 0.1) is 23.7 Å². The number of rotatable bonds is 5. The zero-order valence-corrected chi connectivity index (χ0v) is 18.9. The summed E-state index contributed by atoms with van der Waals surface area (Å²) in [6.45, 7) is 2.12. The Labute approximate surface area is 198 Å². The molecular weight excluding hydrogens is 466 g/mol. The molecule has 2 aliphatic rings. The fourth-order valence-electron chi connectivity index (χ4n) is 4.39. The smallest absolute Gasteiger partial charge is 0.354 e. The third-order valence-corrected chi connectivity index (χ3v) is 6.36. The second-order valence-electron chi connectivity index (χ2n) is 8.78. The average molecular weight is 489 g/mol. The number of hydrogen-bond donors (Lipinski definition) is 0. The summed E-state index contributed by atoms with van der Waals surface area (Å²) in [5.41, 5.74) is -0.577. The summed E-state index contributed by atoms with van der Waals surface area (Å²) in [6, 6.07) is 1.50. The van der Waals surface area contributed by atoms with Gasteiger partial charge in [0.1, 0.15) is 17.8 Å². The van der Waals surface area contributed by atoms with Gasteiger partial charge in [0.25, 0.3) is 5.91 Å². The Morgan fingerprint density at radius 1 is 1.06 bits per heavy atom. The maximum absolute atomic E-state index is 15.4. The van der Waals surface area contributed by atoms with Crippen molar-refractivity contribution in [3.05, 3.63) is 60.1 Å². The third-order valence-electron chi connectivity index (χ3n) is 6.36. The number of carbonyl (C=O) groups excluding carboxylic acids is 1. The van der Waals surface area contributed by atoms with E-state index >= 15 is 4.39 Å². The molecule has 0 radical (unpaired) electrons. The zero-order valence-electron chi connectivity index (χ0n) is 18.9. The molecule has 1 saturated heterocycles. The third kappa shape index (κ3) is 4.69. The number of aromatic nitrogens is 5. The molecule has 2 atom stereocenters. The van der Waals surface area contributed by atoms with Crippen molar-refractivity contribution >= 4 is 11.7 Å². The van der Waals surface area contributed by atoms with E-state index in [0.717, 1.165) is 25.1 Å². The van der Waals surface area contributed by atoms with Crippen LogP contribution in [0.2, 0.25) is 0 Å². The summed E-state index contributed by atoms with van der Waals surface area (Å²) < 4.78 is 55.5. The van der Waals surface area contributed by atoms with Crippen LogP contribution in [0.25, 0.3) is 5.95 Å². The molecule has 1 aliphatic carbocycles. The first-order valence-electron chi connectivity index (χ1n) is 11.3. The lowest BCUT2D eigenvalue weighted by atomic mass is 10.00. The SMILES string of the molecule is Cc1nccn1-c1ncc(C(=O)N(C2CC2)[C@H]2CCN(c3ccc(C(F)(F)F)cn3)C[C@H]2F)cn1. The van der Waals surface area contributed by atoms with Gasteiger partial charge in [-0.3, -0.25) is 9.36 Å². The molecular formula is C23H23F4N7O. The van der Waals surface area contributed by atoms with Crippen molar-refractivity contribution < 1.29 is 22.4 Å². The van der Waals surface area contributed by atoms with E-state index in [4.69, 9.17) is 0 Å². The van der Waals surface area contributed by atoms with Gasteiger partial charge in [-0.2, -0.15) is 13.2 Å². The predicted molar refractivity (Wildman–Crippen MR) is 118 cm³/mol. The molecule has 8 nitrogen and oxygen atoms in total. The predicted octanol–water partition coefficient (Wildman–Crippen LogP) is 3.61. The topological polar surface area (TPSA) is 80.0 Å². The summed E-state index contributed by atoms with van der Waals surface area (Å²) in [7, 11) is 0. The number of imidazole rings is 1. The van der Waals surface area contributed by atoms with E-state index in [2.05, 4.69) is 19.9 Å². The molecule has 2 fully saturated rings. The van der Waals surface area contributed by atoms with Crippen LogP contribution in [0.4, 0.5) is 23.4 Å². The van der Waals surface area contributed by atoms with Crippen molar-refractivity contribution in [1.29, 1.82) is 0 Å². The van der Waals surface area contributed by atoms with E-state index in [-0.39, 0.29) is 29.9 Å². The van der Waals surface area contributed by atoms with Crippen LogP contribution >= 0.6 is 0 Å². The Kier molecular flexibility index (Phi) is 5.89. The number of aryl methyl sites for hydroxylation is 1. The maximum atomic E-state index is 15.4. The summed E-state index contributed by atoms with van der Waals surface area (Å²) >= 11 is 0. The van der Waals surface area contributed by atoms with Crippen LogP contribution in [-0.4, -0.2) is 66.7 Å². The number of hydrogen-bond acceptors (Lipinski definition) is 6. The molecule has 1 aliphatic heterocycles. The van der Waals surface area contributed by atoms with Crippen LogP contribution in [0.1, 0.15) is 41.0 Å². The maximum Gasteiger partial charge on any atom is 0.417 e. The normalized spacial score (nSPS) is 20.7. The van der Waals surface area contributed by atoms with Crippen molar-refractivity contribution in [2.75, 3.05) is 18.0 Å². The lowest BCUT2D eigenvalue weighted by molar-refractivity contribution is -0.137. The number of piperidine rings is 1. The number of carbonyl (C=O) groups is 1. The van der Waals surface area contributed by atoms with Crippen molar-refractivity contribution in [3.8, 4) is 5.95 Å². The second kappa shape index (κ2) is 8.90. The van der Waals surface area contributed by atoms with Crippen molar-refractivity contribution in [2.45, 2.75) is 50.6 Å². The van der Waals surface area contributed by atoms with E-state index in [1.54, 1.807) is 26.8 Å². The molecule has 1 amide bonds. The summed E-state index contributed by atoms with van der Waals surface area (Å²) in [5, 5.41) is 0. The first kappa shape index (κ1) is 23.2. The molecule has 3 aromatic heterocycles. The van der Waals surface area contributed by atoms with Crippen LogP contribution in [0.5, 0.6) is 0 Å². The molecule has 5 rings (SSSR count). The van der Waals surface area contributed by atoms with E-state index in [0.29, 0.717) is 24.7 Å². The largest absolute Gasteiger partial charge is 0.417 e. The Bertz CT molecular complexity index is 1190. The van der Waals surface area contributed by atoms with Gasteiger partial charge < -0.3 is 9.80 Å². The fraction of sp³-hybridized carbons (Fsp3) is 0.435. The highest BCUT2D eigenvalue weighted by Crippen LogP contribution is 2.35. The number of amides is 1. The molecule has 0 spiro atoms. The number of anilines is 1. The highest BCUT2D eigenvalue weighted by atomic mass is 19.4. The van der Waals surface area contributed by atoms with Gasteiger partial charge in [0, 0.05) is 43.6 Å². The van der Waals surface area contributed by atoms with Gasteiger partial charge in [-0.05, 0) is 38.3 Å². The minimum absolute atomic E-state index is 0.0444. The average Bonchev–Trinajstić information content (AvgIpc) is 3.59. The molecule has 35 heavy (non-hydrogen) atoms. The Morgan fingerprint density at radius 3 is 2.34 bits per heavy atom. The summed E-state index contributed by atoms with van der Waals surface area (Å²) in [4.78, 5) is 33.1. The Morgan fingerprint density at radius 2 is 1.80 bits per heavy atom. The summed E-state index contributed by atoms with van der Waals surface area (Å²) in [5.74, 6) is 1.05. The molecule has 1 saturated carbocycles. The van der Waals surface area contributed by atoms with Crippen LogP contribution < -0.4 is 4.90 Å². The Hall–Kier alpha value is -3.57. The molecule has 0 aromatic carbocycles. The molecule has 184 valence electrons. The quantitative estimate of drug-likeness (QED) is 0.510. The molecule has 3 aromatic rings. The molecule has 0 unspecified atom stereocenters. The van der Waals surface area contributed by atoms with E-state index in [1.807, 2.05) is 6.92 Å². The molecule has 12 heteroatoms. The van der Waals surface area contributed by atoms with E-state index in [1.165, 1.54) is 18.5 Å². The molecule has 0 N–H and O–H groups in total. The van der Waals surface area contributed by atoms with Crippen LogP contribution in [0.15, 0.2) is 43.1 Å². The first-order chi connectivity index (χ1) is 16.7. The molecule has 0 bridgehead atoms.